The highest BCUT2D eigenvalue weighted by Crippen LogP contribution is 2.25. The van der Waals surface area contributed by atoms with Gasteiger partial charge in [0.05, 0.1) is 24.5 Å². The van der Waals surface area contributed by atoms with Crippen molar-refractivity contribution in [3.63, 3.8) is 0 Å². The summed E-state index contributed by atoms with van der Waals surface area (Å²) in [5.41, 5.74) is 2.94. The molecule has 168 valence electrons. The van der Waals surface area contributed by atoms with E-state index in [-0.39, 0.29) is 11.9 Å². The number of aromatic nitrogens is 5. The molecule has 1 amide bonds. The van der Waals surface area contributed by atoms with Crippen LogP contribution in [0.3, 0.4) is 0 Å². The molecule has 8 nitrogen and oxygen atoms in total. The number of thioether (sulfide) groups is 1. The summed E-state index contributed by atoms with van der Waals surface area (Å²) in [6.45, 7) is 7.26. The molecular formula is C23H29N7OS. The molecule has 9 heteroatoms. The zero-order valence-electron chi connectivity index (χ0n) is 18.9. The topological polar surface area (TPSA) is 89.7 Å². The minimum atomic E-state index is -0.00293. The Morgan fingerprint density at radius 2 is 2.00 bits per heavy atom. The third-order valence-corrected chi connectivity index (χ3v) is 5.88. The molecule has 0 bridgehead atoms. The number of anilines is 1. The molecule has 32 heavy (non-hydrogen) atoms. The smallest absolute Gasteiger partial charge is 0.224 e. The number of nitrogens with zero attached hydrogens (tertiary/aromatic N) is 5. The number of nitrogens with one attached hydrogen (secondary N) is 2. The van der Waals surface area contributed by atoms with Gasteiger partial charge in [-0.2, -0.15) is 5.10 Å². The monoisotopic (exact) mass is 451 g/mol. The molecule has 0 saturated heterocycles. The Labute approximate surface area is 191 Å². The number of benzene rings is 1. The largest absolute Gasteiger partial charge is 0.367 e. The maximum atomic E-state index is 12.6. The van der Waals surface area contributed by atoms with Crippen molar-refractivity contribution in [2.24, 2.45) is 7.05 Å². The van der Waals surface area contributed by atoms with E-state index in [9.17, 15) is 4.79 Å². The first-order chi connectivity index (χ1) is 15.5. The van der Waals surface area contributed by atoms with E-state index in [0.717, 1.165) is 44.2 Å². The van der Waals surface area contributed by atoms with Gasteiger partial charge in [0.25, 0.3) is 0 Å². The minimum absolute atomic E-state index is 0.00293. The van der Waals surface area contributed by atoms with Gasteiger partial charge in [-0.3, -0.25) is 4.79 Å². The van der Waals surface area contributed by atoms with Crippen molar-refractivity contribution in [1.82, 2.24) is 29.6 Å². The number of aryl methyl sites for hydroxylation is 1. The molecule has 4 aromatic rings. The van der Waals surface area contributed by atoms with Gasteiger partial charge in [-0.05, 0) is 31.2 Å². The molecule has 1 aromatic carbocycles. The molecule has 0 aliphatic rings. The number of amides is 1. The number of carbonyl (C=O) groups excluding carboxylic acids is 1. The maximum absolute atomic E-state index is 12.6. The van der Waals surface area contributed by atoms with Crippen LogP contribution in [0.4, 0.5) is 5.82 Å². The normalized spacial score (nSPS) is 11.5. The summed E-state index contributed by atoms with van der Waals surface area (Å²) in [4.78, 5) is 21.9. The Bertz CT molecular complexity index is 1240. The fourth-order valence-electron chi connectivity index (χ4n) is 3.78. The summed E-state index contributed by atoms with van der Waals surface area (Å²) in [5, 5.41) is 13.6. The van der Waals surface area contributed by atoms with Crippen molar-refractivity contribution in [3.8, 4) is 0 Å². The van der Waals surface area contributed by atoms with Gasteiger partial charge in [0, 0.05) is 36.7 Å². The second kappa shape index (κ2) is 9.60. The number of para-hydroxylation sites is 1. The zero-order chi connectivity index (χ0) is 22.7. The van der Waals surface area contributed by atoms with Crippen LogP contribution in [0.2, 0.25) is 0 Å². The highest BCUT2D eigenvalue weighted by molar-refractivity contribution is 7.99. The molecule has 0 aliphatic carbocycles. The maximum Gasteiger partial charge on any atom is 0.224 e. The molecule has 4 rings (SSSR count). The lowest BCUT2D eigenvalue weighted by molar-refractivity contribution is -0.120. The average Bonchev–Trinajstić information content (AvgIpc) is 3.30. The summed E-state index contributed by atoms with van der Waals surface area (Å²) in [5.74, 6) is 1.69. The van der Waals surface area contributed by atoms with Crippen LogP contribution < -0.4 is 10.6 Å². The number of rotatable bonds is 9. The molecule has 0 aliphatic heterocycles. The van der Waals surface area contributed by atoms with Crippen molar-refractivity contribution in [2.45, 2.75) is 44.9 Å². The Hall–Kier alpha value is -3.07. The molecular weight excluding hydrogens is 422 g/mol. The quantitative estimate of drug-likeness (QED) is 0.298. The third kappa shape index (κ3) is 4.72. The van der Waals surface area contributed by atoms with Crippen LogP contribution >= 0.6 is 11.8 Å². The van der Waals surface area contributed by atoms with Gasteiger partial charge < -0.3 is 15.2 Å². The number of fused-ring (bicyclic) bond motifs is 2. The summed E-state index contributed by atoms with van der Waals surface area (Å²) in [6.07, 6.45) is 4.17. The molecule has 0 unspecified atom stereocenters. The molecule has 0 fully saturated rings. The van der Waals surface area contributed by atoms with Crippen LogP contribution in [0.5, 0.6) is 0 Å². The lowest BCUT2D eigenvalue weighted by Crippen LogP contribution is -2.28. The summed E-state index contributed by atoms with van der Waals surface area (Å²) in [7, 11) is 2.00. The van der Waals surface area contributed by atoms with E-state index in [1.54, 1.807) is 18.0 Å². The van der Waals surface area contributed by atoms with Gasteiger partial charge in [-0.1, -0.05) is 36.9 Å². The standard InChI is InChI=1S/C23H29N7OS/c1-5-32-23-27-21(26-15(2)3)18-13-25-30(22(18)28-23)11-10-24-20(31)12-16-14-29(4)19-9-7-6-8-17(16)19/h6-9,13-15H,5,10-12H2,1-4H3,(H,24,31)(H,26,27,28). The van der Waals surface area contributed by atoms with Crippen LogP contribution in [0.15, 0.2) is 41.8 Å². The first kappa shape index (κ1) is 22.1. The van der Waals surface area contributed by atoms with Crippen LogP contribution in [0.1, 0.15) is 26.3 Å². The van der Waals surface area contributed by atoms with Crippen molar-refractivity contribution in [2.75, 3.05) is 17.6 Å². The van der Waals surface area contributed by atoms with Crippen molar-refractivity contribution in [3.05, 3.63) is 42.2 Å². The fraction of sp³-hybridized carbons (Fsp3) is 0.391. The van der Waals surface area contributed by atoms with Crippen LogP contribution in [0.25, 0.3) is 21.9 Å². The average molecular weight is 452 g/mol. The molecule has 0 radical (unpaired) electrons. The van der Waals surface area contributed by atoms with Gasteiger partial charge in [-0.15, -0.1) is 0 Å². The number of hydrogen-bond acceptors (Lipinski definition) is 6. The predicted molar refractivity (Wildman–Crippen MR) is 130 cm³/mol. The van der Waals surface area contributed by atoms with E-state index in [1.165, 1.54) is 0 Å². The number of carbonyl (C=O) groups is 1. The Morgan fingerprint density at radius 1 is 1.19 bits per heavy atom. The Morgan fingerprint density at radius 3 is 2.78 bits per heavy atom. The Kier molecular flexibility index (Phi) is 6.64. The van der Waals surface area contributed by atoms with E-state index in [1.807, 2.05) is 30.1 Å². The third-order valence-electron chi connectivity index (χ3n) is 5.15. The molecule has 0 spiro atoms. The predicted octanol–water partition coefficient (Wildman–Crippen LogP) is 3.61. The van der Waals surface area contributed by atoms with E-state index < -0.39 is 0 Å². The van der Waals surface area contributed by atoms with E-state index in [0.29, 0.717) is 19.5 Å². The molecule has 2 N–H and O–H groups in total. The van der Waals surface area contributed by atoms with Crippen LogP contribution in [-0.2, 0) is 24.8 Å². The van der Waals surface area contributed by atoms with E-state index in [2.05, 4.69) is 58.2 Å². The van der Waals surface area contributed by atoms with Crippen molar-refractivity contribution in [1.29, 1.82) is 0 Å². The fourth-order valence-corrected chi connectivity index (χ4v) is 4.34. The van der Waals surface area contributed by atoms with E-state index >= 15 is 0 Å². The lowest BCUT2D eigenvalue weighted by atomic mass is 10.1. The first-order valence-electron chi connectivity index (χ1n) is 10.9. The summed E-state index contributed by atoms with van der Waals surface area (Å²) in [6, 6.07) is 8.39. The minimum Gasteiger partial charge on any atom is -0.367 e. The highest BCUT2D eigenvalue weighted by atomic mass is 32.2. The van der Waals surface area contributed by atoms with Crippen LogP contribution in [-0.4, -0.2) is 48.6 Å². The van der Waals surface area contributed by atoms with Gasteiger partial charge in [0.15, 0.2) is 10.8 Å². The molecule has 3 aromatic heterocycles. The van der Waals surface area contributed by atoms with E-state index in [4.69, 9.17) is 4.98 Å². The van der Waals surface area contributed by atoms with Crippen molar-refractivity contribution >= 4 is 45.4 Å². The van der Waals surface area contributed by atoms with Gasteiger partial charge in [0.2, 0.25) is 5.91 Å². The van der Waals surface area contributed by atoms with Crippen LogP contribution in [0, 0.1) is 0 Å². The second-order valence-corrected chi connectivity index (χ2v) is 9.23. The summed E-state index contributed by atoms with van der Waals surface area (Å²) < 4.78 is 3.89. The molecule has 3 heterocycles. The SMILES string of the molecule is CCSc1nc(NC(C)C)c2cnn(CCNC(=O)Cc3cn(C)c4ccccc34)c2n1. The first-order valence-corrected chi connectivity index (χ1v) is 11.9. The molecule has 0 saturated carbocycles. The highest BCUT2D eigenvalue weighted by Gasteiger charge is 2.15. The van der Waals surface area contributed by atoms with Crippen molar-refractivity contribution < 1.29 is 4.79 Å². The lowest BCUT2D eigenvalue weighted by Gasteiger charge is -2.11. The Balaban J connectivity index is 1.44. The van der Waals surface area contributed by atoms with Gasteiger partial charge in [0.1, 0.15) is 5.82 Å². The summed E-state index contributed by atoms with van der Waals surface area (Å²) >= 11 is 1.60. The van der Waals surface area contributed by atoms with Gasteiger partial charge in [-0.25, -0.2) is 14.6 Å². The zero-order valence-corrected chi connectivity index (χ0v) is 19.7. The number of hydrogen-bond donors (Lipinski definition) is 2. The van der Waals surface area contributed by atoms with Gasteiger partial charge >= 0.3 is 0 Å². The second-order valence-electron chi connectivity index (χ2n) is 8.00. The molecule has 0 atom stereocenters.